The molecule has 0 bridgehead atoms. The summed E-state index contributed by atoms with van der Waals surface area (Å²) in [4.78, 5) is 29.6. The van der Waals surface area contributed by atoms with Gasteiger partial charge in [-0.05, 0) is 24.6 Å². The molecule has 0 spiro atoms. The molecule has 0 saturated carbocycles. The predicted octanol–water partition coefficient (Wildman–Crippen LogP) is 1.66. The number of carboxylic acids is 1. The molecule has 2 unspecified atom stereocenters. The average molecular weight is 459 g/mol. The molecular formula is C18H16Cl2N2O6S. The maximum absolute atomic E-state index is 13.1. The first kappa shape index (κ1) is 20.2. The summed E-state index contributed by atoms with van der Waals surface area (Å²) in [6.45, 7) is 0. The number of benzene rings is 1. The molecule has 29 heavy (non-hydrogen) atoms. The number of carboxylic acid groups (broad SMARTS) is 1. The Morgan fingerprint density at radius 1 is 1.21 bits per heavy atom. The molecule has 154 valence electrons. The zero-order valence-electron chi connectivity index (χ0n) is 14.8. The molecule has 1 aromatic rings. The van der Waals surface area contributed by atoms with Crippen molar-refractivity contribution in [3.05, 3.63) is 46.0 Å². The molecule has 1 amide bonds. The lowest BCUT2D eigenvalue weighted by atomic mass is 9.84. The van der Waals surface area contributed by atoms with Crippen molar-refractivity contribution < 1.29 is 28.0 Å². The zero-order valence-corrected chi connectivity index (χ0v) is 17.2. The number of halogens is 2. The molecule has 1 saturated heterocycles. The van der Waals surface area contributed by atoms with Gasteiger partial charge in [0.1, 0.15) is 5.75 Å². The maximum atomic E-state index is 13.1. The van der Waals surface area contributed by atoms with E-state index >= 15 is 0 Å². The largest absolute Gasteiger partial charge is 0.481 e. The van der Waals surface area contributed by atoms with Crippen molar-refractivity contribution in [1.29, 1.82) is 0 Å². The van der Waals surface area contributed by atoms with Gasteiger partial charge in [0.25, 0.3) is 5.91 Å². The number of nitrogens with one attached hydrogen (secondary N) is 1. The standard InChI is InChI=1S/C18H16Cl2N2O6S/c19-11-3-10(4-12(20)6-11)15-14-7-29(26,27)8-18(14,28-22-15)17(25)21-13-2-1-9(5-13)16(23)24/h1-4,6,9,13-14H,5,7-8H2,(H,21,25)(H,23,24)/t9-,13+,14?,18?/m1/s1. The van der Waals surface area contributed by atoms with Crippen molar-refractivity contribution in [1.82, 2.24) is 5.32 Å². The van der Waals surface area contributed by atoms with Crippen LogP contribution in [-0.2, 0) is 24.3 Å². The highest BCUT2D eigenvalue weighted by Crippen LogP contribution is 2.42. The summed E-state index contributed by atoms with van der Waals surface area (Å²) in [7, 11) is -3.57. The Morgan fingerprint density at radius 2 is 1.90 bits per heavy atom. The SMILES string of the molecule is O=C(O)[C@@H]1C=C[C@H](NC(=O)C23CS(=O)(=O)CC2C(c2cc(Cl)cc(Cl)c2)=NO3)C1. The maximum Gasteiger partial charge on any atom is 0.310 e. The molecule has 2 N–H and O–H groups in total. The number of amides is 1. The Kier molecular flexibility index (Phi) is 4.87. The smallest absolute Gasteiger partial charge is 0.310 e. The van der Waals surface area contributed by atoms with Crippen molar-refractivity contribution in [3.63, 3.8) is 0 Å². The summed E-state index contributed by atoms with van der Waals surface area (Å²) in [5, 5.41) is 16.5. The van der Waals surface area contributed by atoms with Gasteiger partial charge in [0.05, 0.1) is 23.3 Å². The van der Waals surface area contributed by atoms with Crippen LogP contribution in [-0.4, -0.2) is 54.3 Å². The van der Waals surface area contributed by atoms with Crippen LogP contribution >= 0.6 is 23.2 Å². The highest BCUT2D eigenvalue weighted by atomic mass is 35.5. The average Bonchev–Trinajstić information content (AvgIpc) is 3.25. The van der Waals surface area contributed by atoms with Crippen molar-refractivity contribution in [2.24, 2.45) is 17.0 Å². The first-order chi connectivity index (χ1) is 13.6. The van der Waals surface area contributed by atoms with Gasteiger partial charge in [0, 0.05) is 21.7 Å². The molecule has 0 radical (unpaired) electrons. The van der Waals surface area contributed by atoms with Crippen LogP contribution in [0.5, 0.6) is 0 Å². The first-order valence-electron chi connectivity index (χ1n) is 8.75. The fourth-order valence-electron chi connectivity index (χ4n) is 3.96. The highest BCUT2D eigenvalue weighted by molar-refractivity contribution is 7.91. The predicted molar refractivity (Wildman–Crippen MR) is 106 cm³/mol. The van der Waals surface area contributed by atoms with E-state index in [1.807, 2.05) is 0 Å². The van der Waals surface area contributed by atoms with E-state index in [4.69, 9.17) is 33.1 Å². The number of sulfone groups is 1. The van der Waals surface area contributed by atoms with E-state index in [9.17, 15) is 18.0 Å². The third kappa shape index (κ3) is 3.62. The molecule has 2 heterocycles. The lowest BCUT2D eigenvalue weighted by Crippen LogP contribution is -2.54. The topological polar surface area (TPSA) is 122 Å². The van der Waals surface area contributed by atoms with Gasteiger partial charge in [0.2, 0.25) is 5.60 Å². The number of aliphatic carboxylic acids is 1. The van der Waals surface area contributed by atoms with Gasteiger partial charge in [0.15, 0.2) is 9.84 Å². The van der Waals surface area contributed by atoms with Crippen LogP contribution in [0.4, 0.5) is 0 Å². The van der Waals surface area contributed by atoms with Crippen LogP contribution in [0.3, 0.4) is 0 Å². The van der Waals surface area contributed by atoms with E-state index in [0.29, 0.717) is 15.6 Å². The second kappa shape index (κ2) is 7.00. The Bertz CT molecular complexity index is 1050. The molecular weight excluding hydrogens is 443 g/mol. The number of carbonyl (C=O) groups is 2. The number of hydrogen-bond donors (Lipinski definition) is 2. The van der Waals surface area contributed by atoms with Gasteiger partial charge in [-0.25, -0.2) is 8.42 Å². The molecule has 11 heteroatoms. The van der Waals surface area contributed by atoms with Crippen molar-refractivity contribution >= 4 is 50.6 Å². The van der Waals surface area contributed by atoms with Crippen LogP contribution in [0.15, 0.2) is 35.5 Å². The van der Waals surface area contributed by atoms with E-state index in [1.165, 1.54) is 12.1 Å². The summed E-state index contributed by atoms with van der Waals surface area (Å²) >= 11 is 12.1. The summed E-state index contributed by atoms with van der Waals surface area (Å²) in [6, 6.07) is 4.15. The summed E-state index contributed by atoms with van der Waals surface area (Å²) in [5.41, 5.74) is -0.944. The molecule has 1 aliphatic carbocycles. The molecule has 4 atom stereocenters. The van der Waals surface area contributed by atoms with Crippen LogP contribution in [0.25, 0.3) is 0 Å². The number of hydrogen-bond acceptors (Lipinski definition) is 6. The molecule has 3 aliphatic rings. The minimum Gasteiger partial charge on any atom is -0.481 e. The normalized spacial score (nSPS) is 31.8. The van der Waals surface area contributed by atoms with Gasteiger partial charge in [-0.1, -0.05) is 40.5 Å². The van der Waals surface area contributed by atoms with Crippen molar-refractivity contribution in [3.8, 4) is 0 Å². The van der Waals surface area contributed by atoms with Gasteiger partial charge in [-0.15, -0.1) is 0 Å². The van der Waals surface area contributed by atoms with Gasteiger partial charge in [-0.3, -0.25) is 9.59 Å². The second-order valence-corrected chi connectivity index (χ2v) is 10.3. The molecule has 8 nitrogen and oxygen atoms in total. The Labute approximate surface area is 176 Å². The number of rotatable bonds is 4. The molecule has 0 aromatic heterocycles. The fourth-order valence-corrected chi connectivity index (χ4v) is 6.58. The molecule has 1 fully saturated rings. The lowest BCUT2D eigenvalue weighted by Gasteiger charge is -2.26. The van der Waals surface area contributed by atoms with E-state index in [2.05, 4.69) is 10.5 Å². The summed E-state index contributed by atoms with van der Waals surface area (Å²) in [5.74, 6) is -3.99. The van der Waals surface area contributed by atoms with Gasteiger partial charge >= 0.3 is 5.97 Å². The lowest BCUT2D eigenvalue weighted by molar-refractivity contribution is -0.145. The second-order valence-electron chi connectivity index (χ2n) is 7.37. The Balaban J connectivity index is 1.61. The van der Waals surface area contributed by atoms with Crippen LogP contribution in [0, 0.1) is 11.8 Å². The Hall–Kier alpha value is -2.10. The van der Waals surface area contributed by atoms with E-state index in [1.54, 1.807) is 18.2 Å². The monoisotopic (exact) mass is 458 g/mol. The zero-order chi connectivity index (χ0) is 21.0. The minimum absolute atomic E-state index is 0.187. The number of fused-ring (bicyclic) bond motifs is 1. The van der Waals surface area contributed by atoms with Crippen LogP contribution in [0.2, 0.25) is 10.0 Å². The fraction of sp³-hybridized carbons (Fsp3) is 0.389. The summed E-state index contributed by atoms with van der Waals surface area (Å²) < 4.78 is 24.8. The number of nitrogens with zero attached hydrogens (tertiary/aromatic N) is 1. The number of carbonyl (C=O) groups excluding carboxylic acids is 1. The molecule has 4 rings (SSSR count). The van der Waals surface area contributed by atoms with E-state index in [0.717, 1.165) is 0 Å². The van der Waals surface area contributed by atoms with Gasteiger partial charge in [-0.2, -0.15) is 0 Å². The van der Waals surface area contributed by atoms with Crippen molar-refractivity contribution in [2.75, 3.05) is 11.5 Å². The van der Waals surface area contributed by atoms with Gasteiger partial charge < -0.3 is 15.3 Å². The first-order valence-corrected chi connectivity index (χ1v) is 11.3. The summed E-state index contributed by atoms with van der Waals surface area (Å²) in [6.07, 6.45) is 3.27. The minimum atomic E-state index is -3.57. The Morgan fingerprint density at radius 3 is 2.52 bits per heavy atom. The quantitative estimate of drug-likeness (QED) is 0.661. The number of oxime groups is 1. The molecule has 1 aromatic carbocycles. The molecule has 2 aliphatic heterocycles. The van der Waals surface area contributed by atoms with E-state index < -0.39 is 50.9 Å². The van der Waals surface area contributed by atoms with Crippen molar-refractivity contribution in [2.45, 2.75) is 18.1 Å². The van der Waals surface area contributed by atoms with Crippen LogP contribution in [0.1, 0.15) is 12.0 Å². The third-order valence-corrected chi connectivity index (χ3v) is 7.46. The van der Waals surface area contributed by atoms with E-state index in [-0.39, 0.29) is 17.9 Å². The van der Waals surface area contributed by atoms with Crippen LogP contribution < -0.4 is 5.32 Å². The third-order valence-electron chi connectivity index (χ3n) is 5.31. The highest BCUT2D eigenvalue weighted by Gasteiger charge is 2.63.